The van der Waals surface area contributed by atoms with Crippen molar-refractivity contribution in [3.05, 3.63) is 23.8 Å². The summed E-state index contributed by atoms with van der Waals surface area (Å²) in [6.07, 6.45) is 14.1. The third kappa shape index (κ3) is 3.34. The van der Waals surface area contributed by atoms with Gasteiger partial charge < -0.3 is 5.11 Å². The van der Waals surface area contributed by atoms with Crippen molar-refractivity contribution >= 4 is 0 Å². The molecular weight excluding hydrogens is 388 g/mol. The summed E-state index contributed by atoms with van der Waals surface area (Å²) in [7, 11) is 0. The van der Waals surface area contributed by atoms with E-state index in [1.54, 1.807) is 5.57 Å². The number of allylic oxidation sites excluding steroid dienone is 3. The first kappa shape index (κ1) is 24.6. The molecule has 0 spiro atoms. The van der Waals surface area contributed by atoms with Gasteiger partial charge in [0.25, 0.3) is 0 Å². The van der Waals surface area contributed by atoms with Crippen LogP contribution in [0.25, 0.3) is 0 Å². The average molecular weight is 441 g/mol. The first-order valence-corrected chi connectivity index (χ1v) is 13.8. The minimum absolute atomic E-state index is 0.0349. The lowest BCUT2D eigenvalue weighted by molar-refractivity contribution is -0.118. The maximum Gasteiger partial charge on any atom is 0.0594 e. The van der Waals surface area contributed by atoms with Crippen molar-refractivity contribution in [2.24, 2.45) is 51.2 Å². The summed E-state index contributed by atoms with van der Waals surface area (Å²) in [5, 5.41) is 10.8. The zero-order valence-corrected chi connectivity index (χ0v) is 22.6. The van der Waals surface area contributed by atoms with Crippen LogP contribution in [0.2, 0.25) is 0 Å². The third-order valence-electron chi connectivity index (χ3n) is 12.4. The summed E-state index contributed by atoms with van der Waals surface area (Å²) >= 11 is 0. The van der Waals surface area contributed by atoms with Crippen molar-refractivity contribution in [2.75, 3.05) is 0 Å². The first-order chi connectivity index (χ1) is 14.8. The molecule has 2 unspecified atom stereocenters. The Morgan fingerprint density at radius 3 is 2.34 bits per heavy atom. The molecule has 0 saturated heterocycles. The Kier molecular flexibility index (Phi) is 6.14. The Bertz CT molecular complexity index is 775. The van der Waals surface area contributed by atoms with Crippen molar-refractivity contribution < 1.29 is 5.11 Å². The molecule has 1 heteroatoms. The molecule has 0 amide bonds. The van der Waals surface area contributed by atoms with Gasteiger partial charge in [-0.25, -0.2) is 0 Å². The van der Waals surface area contributed by atoms with Crippen LogP contribution in [0, 0.1) is 51.2 Å². The highest BCUT2D eigenvalue weighted by Gasteiger charge is 2.65. The van der Waals surface area contributed by atoms with Crippen molar-refractivity contribution in [3.8, 4) is 0 Å². The number of fused-ring (bicyclic) bond motifs is 5. The van der Waals surface area contributed by atoms with E-state index in [4.69, 9.17) is 0 Å². The molecule has 0 aromatic rings. The molecule has 3 saturated carbocycles. The van der Waals surface area contributed by atoms with Gasteiger partial charge in [0, 0.05) is 0 Å². The lowest BCUT2D eigenvalue weighted by Gasteiger charge is -2.64. The van der Waals surface area contributed by atoms with E-state index in [-0.39, 0.29) is 16.9 Å². The van der Waals surface area contributed by atoms with Crippen molar-refractivity contribution in [1.29, 1.82) is 0 Å². The largest absolute Gasteiger partial charge is 0.393 e. The van der Waals surface area contributed by atoms with E-state index in [2.05, 4.69) is 68.0 Å². The molecule has 4 aliphatic rings. The number of hydrogen-bond donors (Lipinski definition) is 1. The van der Waals surface area contributed by atoms with Gasteiger partial charge in [-0.3, -0.25) is 0 Å². The fraction of sp³-hybridized carbons (Fsp3) is 0.871. The van der Waals surface area contributed by atoms with Gasteiger partial charge >= 0.3 is 0 Å². The zero-order valence-electron chi connectivity index (χ0n) is 22.6. The van der Waals surface area contributed by atoms with Crippen molar-refractivity contribution in [3.63, 3.8) is 0 Å². The molecule has 32 heavy (non-hydrogen) atoms. The first-order valence-electron chi connectivity index (χ1n) is 13.8. The number of hydrogen-bond acceptors (Lipinski definition) is 1. The van der Waals surface area contributed by atoms with Crippen LogP contribution in [0.5, 0.6) is 0 Å². The monoisotopic (exact) mass is 440 g/mol. The fourth-order valence-corrected chi connectivity index (χ4v) is 9.63. The predicted octanol–water partition coefficient (Wildman–Crippen LogP) is 8.58. The molecule has 9 atom stereocenters. The van der Waals surface area contributed by atoms with Crippen LogP contribution >= 0.6 is 0 Å². The SMILES string of the molecule is C=C(C)[C@@H](C)CC[C@@H](C)[C@H]1CC[C@@]2(C)C3CCC4C(C)(C)[C@@H](O)CC[C@]4(C)C3=CC[C@]12C. The van der Waals surface area contributed by atoms with Gasteiger partial charge in [0.05, 0.1) is 6.10 Å². The second-order valence-corrected chi connectivity index (χ2v) is 14.1. The molecule has 1 N–H and O–H groups in total. The van der Waals surface area contributed by atoms with E-state index in [0.717, 1.165) is 24.2 Å². The van der Waals surface area contributed by atoms with Gasteiger partial charge in [-0.1, -0.05) is 72.3 Å². The van der Waals surface area contributed by atoms with Gasteiger partial charge in [0.1, 0.15) is 0 Å². The van der Waals surface area contributed by atoms with E-state index in [1.807, 2.05) is 0 Å². The van der Waals surface area contributed by atoms with E-state index in [1.165, 1.54) is 56.9 Å². The van der Waals surface area contributed by atoms with E-state index in [9.17, 15) is 5.11 Å². The van der Waals surface area contributed by atoms with Crippen molar-refractivity contribution in [2.45, 2.75) is 119 Å². The van der Waals surface area contributed by atoms with Crippen LogP contribution in [0.15, 0.2) is 23.8 Å². The Hall–Kier alpha value is -0.560. The van der Waals surface area contributed by atoms with Gasteiger partial charge in [-0.05, 0) is 116 Å². The molecular formula is C31H52O. The highest BCUT2D eigenvalue weighted by molar-refractivity contribution is 5.32. The van der Waals surface area contributed by atoms with E-state index < -0.39 is 0 Å². The van der Waals surface area contributed by atoms with Crippen LogP contribution in [0.1, 0.15) is 113 Å². The molecule has 0 aromatic carbocycles. The lowest BCUT2D eigenvalue weighted by atomic mass is 9.41. The summed E-state index contributed by atoms with van der Waals surface area (Å²) in [5.41, 5.74) is 4.33. The minimum atomic E-state index is -0.138. The quantitative estimate of drug-likeness (QED) is 0.424. The summed E-state index contributed by atoms with van der Waals surface area (Å²) < 4.78 is 0. The minimum Gasteiger partial charge on any atom is -0.393 e. The highest BCUT2D eigenvalue weighted by atomic mass is 16.3. The molecule has 182 valence electrons. The third-order valence-corrected chi connectivity index (χ3v) is 12.4. The smallest absolute Gasteiger partial charge is 0.0594 e. The lowest BCUT2D eigenvalue weighted by Crippen LogP contribution is -2.57. The molecule has 3 fully saturated rings. The maximum absolute atomic E-state index is 10.8. The topological polar surface area (TPSA) is 20.2 Å². The summed E-state index contributed by atoms with van der Waals surface area (Å²) in [5.74, 6) is 3.66. The Balaban J connectivity index is 1.61. The van der Waals surface area contributed by atoms with Gasteiger partial charge in [0.15, 0.2) is 0 Å². The van der Waals surface area contributed by atoms with Crippen LogP contribution in [-0.4, -0.2) is 11.2 Å². The summed E-state index contributed by atoms with van der Waals surface area (Å²) in [6.45, 7) is 23.9. The standard InChI is InChI=1S/C31H52O/c1-20(2)21(3)10-11-22(4)23-14-18-31(9)25-12-13-26-28(5,6)27(32)16-17-29(26,7)24(25)15-19-30(23,31)8/h15,21-23,25-27,32H,1,10-14,16-19H2,2-9H3/t21-,22+,23+,25?,26?,27-,29+,30+,31-/m0/s1. The number of aliphatic hydroxyl groups is 1. The number of aliphatic hydroxyl groups excluding tert-OH is 1. The van der Waals surface area contributed by atoms with Crippen LogP contribution in [-0.2, 0) is 0 Å². The molecule has 0 radical (unpaired) electrons. The summed E-state index contributed by atoms with van der Waals surface area (Å²) in [4.78, 5) is 0. The van der Waals surface area contributed by atoms with Crippen LogP contribution in [0.3, 0.4) is 0 Å². The normalized spacial score (nSPS) is 47.0. The molecule has 4 aliphatic carbocycles. The molecule has 0 aromatic heterocycles. The van der Waals surface area contributed by atoms with Gasteiger partial charge in [0.2, 0.25) is 0 Å². The Morgan fingerprint density at radius 1 is 1.00 bits per heavy atom. The molecule has 0 aliphatic heterocycles. The van der Waals surface area contributed by atoms with Crippen LogP contribution < -0.4 is 0 Å². The Morgan fingerprint density at radius 2 is 1.69 bits per heavy atom. The Labute approximate surface area is 199 Å². The molecule has 1 nitrogen and oxygen atoms in total. The molecule has 0 heterocycles. The average Bonchev–Trinajstić information content (AvgIpc) is 3.00. The second kappa shape index (κ2) is 8.00. The van der Waals surface area contributed by atoms with Gasteiger partial charge in [-0.2, -0.15) is 0 Å². The molecule has 0 bridgehead atoms. The second-order valence-electron chi connectivity index (χ2n) is 14.1. The molecule has 4 rings (SSSR count). The van der Waals surface area contributed by atoms with E-state index in [0.29, 0.717) is 22.7 Å². The van der Waals surface area contributed by atoms with Gasteiger partial charge in [-0.15, -0.1) is 0 Å². The predicted molar refractivity (Wildman–Crippen MR) is 137 cm³/mol. The van der Waals surface area contributed by atoms with Crippen molar-refractivity contribution in [1.82, 2.24) is 0 Å². The zero-order chi connectivity index (χ0) is 23.7. The highest BCUT2D eigenvalue weighted by Crippen LogP contribution is 2.73. The maximum atomic E-state index is 10.8. The fourth-order valence-electron chi connectivity index (χ4n) is 9.63. The van der Waals surface area contributed by atoms with E-state index >= 15 is 0 Å². The number of rotatable bonds is 5. The van der Waals surface area contributed by atoms with Crippen LogP contribution in [0.4, 0.5) is 0 Å². The summed E-state index contributed by atoms with van der Waals surface area (Å²) in [6, 6.07) is 0.